The van der Waals surface area contributed by atoms with Crippen molar-refractivity contribution in [2.75, 3.05) is 0 Å². The average Bonchev–Trinajstić information content (AvgIpc) is 2.25. The van der Waals surface area contributed by atoms with Crippen molar-refractivity contribution < 1.29 is 9.59 Å². The number of piperidine rings is 1. The van der Waals surface area contributed by atoms with Gasteiger partial charge in [-0.3, -0.25) is 14.9 Å². The molecule has 1 unspecified atom stereocenters. The Morgan fingerprint density at radius 2 is 1.94 bits per heavy atom. The van der Waals surface area contributed by atoms with Crippen molar-refractivity contribution in [3.05, 3.63) is 33.4 Å². The van der Waals surface area contributed by atoms with Gasteiger partial charge in [-0.05, 0) is 53.1 Å². The number of amides is 2. The zero-order chi connectivity index (χ0) is 11.5. The topological polar surface area (TPSA) is 46.2 Å². The third-order valence-corrected chi connectivity index (χ3v) is 3.47. The number of hydrogen-bond acceptors (Lipinski definition) is 2. The summed E-state index contributed by atoms with van der Waals surface area (Å²) in [5.41, 5.74) is 1.15. The Labute approximate surface area is 108 Å². The SMILES string of the molecule is O=C1CCC(Cc2ccc(I)cc2)C(=O)N1. The molecule has 0 radical (unpaired) electrons. The molecular weight excluding hydrogens is 317 g/mol. The van der Waals surface area contributed by atoms with Gasteiger partial charge in [0.2, 0.25) is 11.8 Å². The molecule has 1 atom stereocenters. The molecule has 84 valence electrons. The van der Waals surface area contributed by atoms with Gasteiger partial charge in [-0.2, -0.15) is 0 Å². The molecule has 1 N–H and O–H groups in total. The van der Waals surface area contributed by atoms with Crippen LogP contribution < -0.4 is 5.32 Å². The molecule has 1 aromatic rings. The molecule has 0 aromatic heterocycles. The normalized spacial score (nSPS) is 20.7. The molecule has 0 bridgehead atoms. The van der Waals surface area contributed by atoms with E-state index < -0.39 is 0 Å². The van der Waals surface area contributed by atoms with Crippen LogP contribution in [0.2, 0.25) is 0 Å². The Bertz CT molecular complexity index is 414. The number of halogens is 1. The lowest BCUT2D eigenvalue weighted by atomic mass is 9.91. The monoisotopic (exact) mass is 329 g/mol. The summed E-state index contributed by atoms with van der Waals surface area (Å²) < 4.78 is 1.18. The lowest BCUT2D eigenvalue weighted by Gasteiger charge is -2.20. The maximum atomic E-state index is 11.5. The first-order valence-corrected chi connectivity index (χ1v) is 6.31. The van der Waals surface area contributed by atoms with Crippen molar-refractivity contribution in [1.29, 1.82) is 0 Å². The van der Waals surface area contributed by atoms with Gasteiger partial charge < -0.3 is 0 Å². The molecule has 1 aromatic carbocycles. The molecule has 1 heterocycles. The summed E-state index contributed by atoms with van der Waals surface area (Å²) in [6.07, 6.45) is 1.84. The van der Waals surface area contributed by atoms with Crippen LogP contribution in [0.25, 0.3) is 0 Å². The molecule has 16 heavy (non-hydrogen) atoms. The van der Waals surface area contributed by atoms with Gasteiger partial charge in [0.25, 0.3) is 0 Å². The third-order valence-electron chi connectivity index (χ3n) is 2.75. The molecule has 0 aliphatic carbocycles. The van der Waals surface area contributed by atoms with Crippen LogP contribution in [-0.2, 0) is 16.0 Å². The first-order valence-electron chi connectivity index (χ1n) is 5.23. The maximum absolute atomic E-state index is 11.5. The zero-order valence-electron chi connectivity index (χ0n) is 8.70. The van der Waals surface area contributed by atoms with Crippen LogP contribution in [0.3, 0.4) is 0 Å². The lowest BCUT2D eigenvalue weighted by Crippen LogP contribution is -2.41. The van der Waals surface area contributed by atoms with Crippen LogP contribution in [0.1, 0.15) is 18.4 Å². The van der Waals surface area contributed by atoms with Crippen molar-refractivity contribution in [3.8, 4) is 0 Å². The second kappa shape index (κ2) is 4.95. The number of nitrogens with one attached hydrogen (secondary N) is 1. The molecule has 2 rings (SSSR count). The number of carbonyl (C=O) groups is 2. The largest absolute Gasteiger partial charge is 0.296 e. The number of hydrogen-bond donors (Lipinski definition) is 1. The lowest BCUT2D eigenvalue weighted by molar-refractivity contribution is -0.136. The highest BCUT2D eigenvalue weighted by atomic mass is 127. The van der Waals surface area contributed by atoms with Crippen molar-refractivity contribution >= 4 is 34.4 Å². The van der Waals surface area contributed by atoms with Crippen LogP contribution in [0, 0.1) is 9.49 Å². The van der Waals surface area contributed by atoms with Crippen molar-refractivity contribution in [2.24, 2.45) is 5.92 Å². The zero-order valence-corrected chi connectivity index (χ0v) is 10.9. The molecule has 0 saturated carbocycles. The Morgan fingerprint density at radius 1 is 1.25 bits per heavy atom. The van der Waals surface area contributed by atoms with E-state index in [-0.39, 0.29) is 17.7 Å². The van der Waals surface area contributed by atoms with Gasteiger partial charge in [0.1, 0.15) is 0 Å². The first kappa shape index (κ1) is 11.6. The predicted octanol–water partition coefficient (Wildman–Crippen LogP) is 1.89. The van der Waals surface area contributed by atoms with Gasteiger partial charge in [0.15, 0.2) is 0 Å². The molecule has 1 aliphatic rings. The maximum Gasteiger partial charge on any atom is 0.230 e. The minimum atomic E-state index is -0.149. The van der Waals surface area contributed by atoms with Crippen molar-refractivity contribution in [3.63, 3.8) is 0 Å². The van der Waals surface area contributed by atoms with Gasteiger partial charge in [-0.1, -0.05) is 12.1 Å². The fourth-order valence-corrected chi connectivity index (χ4v) is 2.20. The van der Waals surface area contributed by atoms with Gasteiger partial charge >= 0.3 is 0 Å². The van der Waals surface area contributed by atoms with Crippen LogP contribution in [0.4, 0.5) is 0 Å². The molecule has 1 fully saturated rings. The Hall–Kier alpha value is -0.910. The summed E-state index contributed by atoms with van der Waals surface area (Å²) in [7, 11) is 0. The second-order valence-corrected chi connectivity index (χ2v) is 5.22. The average molecular weight is 329 g/mol. The molecular formula is C12H12INO2. The highest BCUT2D eigenvalue weighted by Crippen LogP contribution is 2.18. The van der Waals surface area contributed by atoms with E-state index in [2.05, 4.69) is 27.9 Å². The first-order chi connectivity index (χ1) is 7.65. The van der Waals surface area contributed by atoms with Crippen molar-refractivity contribution in [2.45, 2.75) is 19.3 Å². The minimum Gasteiger partial charge on any atom is -0.296 e. The van der Waals surface area contributed by atoms with Gasteiger partial charge in [-0.25, -0.2) is 0 Å². The summed E-state index contributed by atoms with van der Waals surface area (Å²) in [6.45, 7) is 0. The number of rotatable bonds is 2. The van der Waals surface area contributed by atoms with Crippen LogP contribution >= 0.6 is 22.6 Å². The van der Waals surface area contributed by atoms with E-state index in [1.54, 1.807) is 0 Å². The van der Waals surface area contributed by atoms with Gasteiger partial charge in [0.05, 0.1) is 0 Å². The molecule has 3 nitrogen and oxygen atoms in total. The summed E-state index contributed by atoms with van der Waals surface area (Å²) >= 11 is 2.25. The fourth-order valence-electron chi connectivity index (χ4n) is 1.84. The van der Waals surface area contributed by atoms with Gasteiger partial charge in [-0.15, -0.1) is 0 Å². The number of benzene rings is 1. The van der Waals surface area contributed by atoms with E-state index in [9.17, 15) is 9.59 Å². The van der Waals surface area contributed by atoms with Gasteiger partial charge in [0, 0.05) is 15.9 Å². The number of imide groups is 1. The predicted molar refractivity (Wildman–Crippen MR) is 68.7 cm³/mol. The Morgan fingerprint density at radius 3 is 2.56 bits per heavy atom. The van der Waals surface area contributed by atoms with E-state index in [1.165, 1.54) is 3.57 Å². The standard InChI is InChI=1S/C12H12INO2/c13-10-4-1-8(2-5-10)7-9-3-6-11(15)14-12(9)16/h1-2,4-5,9H,3,6-7H2,(H,14,15,16). The Balaban J connectivity index is 2.02. The summed E-state index contributed by atoms with van der Waals surface area (Å²) in [5.74, 6) is -0.337. The fraction of sp³-hybridized carbons (Fsp3) is 0.333. The van der Waals surface area contributed by atoms with Crippen molar-refractivity contribution in [1.82, 2.24) is 5.32 Å². The molecule has 0 spiro atoms. The smallest absolute Gasteiger partial charge is 0.230 e. The highest BCUT2D eigenvalue weighted by Gasteiger charge is 2.26. The van der Waals surface area contributed by atoms with E-state index in [4.69, 9.17) is 0 Å². The van der Waals surface area contributed by atoms with Crippen LogP contribution in [0.15, 0.2) is 24.3 Å². The summed E-state index contributed by atoms with van der Waals surface area (Å²) in [6, 6.07) is 8.13. The summed E-state index contributed by atoms with van der Waals surface area (Å²) in [5, 5.41) is 2.38. The summed E-state index contributed by atoms with van der Waals surface area (Å²) in [4.78, 5) is 22.5. The second-order valence-electron chi connectivity index (χ2n) is 3.98. The van der Waals surface area contributed by atoms with E-state index in [0.29, 0.717) is 12.8 Å². The quantitative estimate of drug-likeness (QED) is 0.665. The highest BCUT2D eigenvalue weighted by molar-refractivity contribution is 14.1. The minimum absolute atomic E-state index is 0.0576. The Kier molecular flexibility index (Phi) is 3.58. The van der Waals surface area contributed by atoms with Crippen LogP contribution in [0.5, 0.6) is 0 Å². The van der Waals surface area contributed by atoms with E-state index >= 15 is 0 Å². The molecule has 1 aliphatic heterocycles. The van der Waals surface area contributed by atoms with E-state index in [0.717, 1.165) is 12.0 Å². The molecule has 2 amide bonds. The third kappa shape index (κ3) is 2.81. The number of carbonyl (C=O) groups excluding carboxylic acids is 2. The van der Waals surface area contributed by atoms with Crippen LogP contribution in [-0.4, -0.2) is 11.8 Å². The molecule has 1 saturated heterocycles. The van der Waals surface area contributed by atoms with E-state index in [1.807, 2.05) is 24.3 Å². The molecule has 4 heteroatoms.